The number of hydrogen-bond acceptors (Lipinski definition) is 4. The number of carbonyl (C=O) groups excluding carboxylic acids is 1. The fourth-order valence-electron chi connectivity index (χ4n) is 2.81. The van der Waals surface area contributed by atoms with Crippen LogP contribution in [0.3, 0.4) is 0 Å². The molecule has 0 radical (unpaired) electrons. The van der Waals surface area contributed by atoms with E-state index in [0.717, 1.165) is 58.2 Å². The number of aliphatic imine (C=N–C) groups is 1. The summed E-state index contributed by atoms with van der Waals surface area (Å²) in [6.07, 6.45) is 0.558. The molecule has 0 aromatic carbocycles. The van der Waals surface area contributed by atoms with Crippen LogP contribution in [0.1, 0.15) is 48.0 Å². The summed E-state index contributed by atoms with van der Waals surface area (Å²) in [5.41, 5.74) is -0.469. The van der Waals surface area contributed by atoms with Crippen LogP contribution in [0.5, 0.6) is 0 Å². The molecule has 1 fully saturated rings. The zero-order chi connectivity index (χ0) is 18.9. The highest BCUT2D eigenvalue weighted by Gasteiger charge is 2.27. The first-order valence-corrected chi connectivity index (χ1v) is 9.54. The van der Waals surface area contributed by atoms with Gasteiger partial charge in [-0.15, -0.1) is 24.0 Å². The van der Waals surface area contributed by atoms with Crippen molar-refractivity contribution in [2.45, 2.75) is 59.6 Å². The quantitative estimate of drug-likeness (QED) is 0.331. The van der Waals surface area contributed by atoms with E-state index in [1.807, 2.05) is 20.8 Å². The summed E-state index contributed by atoms with van der Waals surface area (Å²) in [5.74, 6) is 0.933. The monoisotopic (exact) mass is 483 g/mol. The lowest BCUT2D eigenvalue weighted by Gasteiger charge is -2.24. The second-order valence-electron chi connectivity index (χ2n) is 7.34. The number of nitrogens with zero attached hydrogens (tertiary/aromatic N) is 3. The molecule has 1 amide bonds. The van der Waals surface area contributed by atoms with Gasteiger partial charge in [0.2, 0.25) is 0 Å². The Morgan fingerprint density at radius 3 is 2.46 bits per heavy atom. The van der Waals surface area contributed by atoms with E-state index in [-0.39, 0.29) is 36.1 Å². The predicted molar refractivity (Wildman–Crippen MR) is 119 cm³/mol. The lowest BCUT2D eigenvalue weighted by atomic mass is 10.2. The maximum absolute atomic E-state index is 11.9. The fourth-order valence-corrected chi connectivity index (χ4v) is 2.81. The third kappa shape index (κ3) is 9.80. The molecule has 1 atom stereocenters. The fraction of sp³-hybridized carbons (Fsp3) is 0.889. The number of rotatable bonds is 7. The van der Waals surface area contributed by atoms with Crippen molar-refractivity contribution in [1.29, 1.82) is 0 Å². The first-order valence-electron chi connectivity index (χ1n) is 9.54. The third-order valence-corrected chi connectivity index (χ3v) is 4.12. The van der Waals surface area contributed by atoms with E-state index in [4.69, 9.17) is 9.73 Å². The molecule has 1 aliphatic heterocycles. The second-order valence-corrected chi connectivity index (χ2v) is 7.34. The number of carbonyl (C=O) groups is 1. The van der Waals surface area contributed by atoms with Crippen molar-refractivity contribution in [2.24, 2.45) is 4.99 Å². The Morgan fingerprint density at radius 2 is 1.92 bits per heavy atom. The summed E-state index contributed by atoms with van der Waals surface area (Å²) in [7, 11) is 0. The molecule has 1 aliphatic rings. The minimum Gasteiger partial charge on any atom is -0.444 e. The molecule has 0 saturated carbocycles. The van der Waals surface area contributed by atoms with Gasteiger partial charge in [0.1, 0.15) is 5.60 Å². The maximum Gasteiger partial charge on any atom is 0.407 e. The SMILES string of the molecule is CCNC(=NCCN(CC)CC)N1CCC(NC(=O)OC(C)(C)C)C1.I. The van der Waals surface area contributed by atoms with Crippen molar-refractivity contribution in [3.8, 4) is 0 Å². The van der Waals surface area contributed by atoms with Crippen LogP contribution in [0, 0.1) is 0 Å². The summed E-state index contributed by atoms with van der Waals surface area (Å²) < 4.78 is 5.34. The van der Waals surface area contributed by atoms with Crippen LogP contribution >= 0.6 is 24.0 Å². The number of ether oxygens (including phenoxy) is 1. The van der Waals surface area contributed by atoms with Crippen LogP contribution in [0.4, 0.5) is 4.79 Å². The Hall–Kier alpha value is -0.770. The maximum atomic E-state index is 11.9. The van der Waals surface area contributed by atoms with Crippen molar-refractivity contribution in [3.63, 3.8) is 0 Å². The van der Waals surface area contributed by atoms with Gasteiger partial charge in [-0.2, -0.15) is 0 Å². The Morgan fingerprint density at radius 1 is 1.27 bits per heavy atom. The molecular formula is C18H38IN5O2. The third-order valence-electron chi connectivity index (χ3n) is 4.12. The molecule has 1 unspecified atom stereocenters. The average molecular weight is 483 g/mol. The van der Waals surface area contributed by atoms with Crippen LogP contribution in [0.2, 0.25) is 0 Å². The highest BCUT2D eigenvalue weighted by molar-refractivity contribution is 14.0. The van der Waals surface area contributed by atoms with E-state index in [2.05, 4.69) is 41.2 Å². The van der Waals surface area contributed by atoms with Gasteiger partial charge in [-0.05, 0) is 47.2 Å². The molecule has 26 heavy (non-hydrogen) atoms. The summed E-state index contributed by atoms with van der Waals surface area (Å²) in [4.78, 5) is 21.3. The number of hydrogen-bond donors (Lipinski definition) is 2. The molecule has 1 saturated heterocycles. The number of likely N-dealkylation sites (tertiary alicyclic amines) is 1. The molecule has 0 aliphatic carbocycles. The molecule has 0 bridgehead atoms. The van der Waals surface area contributed by atoms with Crippen molar-refractivity contribution >= 4 is 36.0 Å². The van der Waals surface area contributed by atoms with Crippen LogP contribution in [-0.2, 0) is 4.74 Å². The van der Waals surface area contributed by atoms with Gasteiger partial charge < -0.3 is 25.2 Å². The van der Waals surface area contributed by atoms with Gasteiger partial charge in [-0.25, -0.2) is 4.79 Å². The largest absolute Gasteiger partial charge is 0.444 e. The Bertz CT molecular complexity index is 436. The molecule has 7 nitrogen and oxygen atoms in total. The molecular weight excluding hydrogens is 445 g/mol. The summed E-state index contributed by atoms with van der Waals surface area (Å²) in [6.45, 7) is 18.4. The molecule has 2 N–H and O–H groups in total. The van der Waals surface area contributed by atoms with E-state index in [0.29, 0.717) is 0 Å². The van der Waals surface area contributed by atoms with Crippen LogP contribution in [0.25, 0.3) is 0 Å². The van der Waals surface area contributed by atoms with Crippen LogP contribution < -0.4 is 10.6 Å². The van der Waals surface area contributed by atoms with Crippen LogP contribution in [-0.4, -0.2) is 79.3 Å². The van der Waals surface area contributed by atoms with Gasteiger partial charge in [0, 0.05) is 26.2 Å². The zero-order valence-electron chi connectivity index (χ0n) is 17.3. The topological polar surface area (TPSA) is 69.2 Å². The zero-order valence-corrected chi connectivity index (χ0v) is 19.6. The predicted octanol–water partition coefficient (Wildman–Crippen LogP) is 2.51. The normalized spacial score (nSPS) is 17.9. The molecule has 154 valence electrons. The first kappa shape index (κ1) is 25.2. The lowest BCUT2D eigenvalue weighted by molar-refractivity contribution is 0.0507. The molecule has 1 rings (SSSR count). The van der Waals surface area contributed by atoms with Crippen molar-refractivity contribution in [2.75, 3.05) is 45.8 Å². The highest BCUT2D eigenvalue weighted by Crippen LogP contribution is 2.12. The highest BCUT2D eigenvalue weighted by atomic mass is 127. The number of nitrogens with one attached hydrogen (secondary N) is 2. The van der Waals surface area contributed by atoms with Gasteiger partial charge >= 0.3 is 6.09 Å². The van der Waals surface area contributed by atoms with E-state index >= 15 is 0 Å². The summed E-state index contributed by atoms with van der Waals surface area (Å²) in [6, 6.07) is 0.0986. The molecule has 0 aromatic heterocycles. The van der Waals surface area contributed by atoms with Gasteiger partial charge in [0.15, 0.2) is 5.96 Å². The van der Waals surface area contributed by atoms with Crippen molar-refractivity contribution in [3.05, 3.63) is 0 Å². The minimum absolute atomic E-state index is 0. The smallest absolute Gasteiger partial charge is 0.407 e. The Balaban J connectivity index is 0.00000625. The van der Waals surface area contributed by atoms with E-state index in [9.17, 15) is 4.79 Å². The molecule has 1 heterocycles. The molecule has 0 aromatic rings. The number of amides is 1. The first-order chi connectivity index (χ1) is 11.8. The van der Waals surface area contributed by atoms with Gasteiger partial charge in [0.05, 0.1) is 12.6 Å². The summed E-state index contributed by atoms with van der Waals surface area (Å²) in [5, 5.41) is 6.32. The number of alkyl carbamates (subject to hydrolysis) is 1. The number of halogens is 1. The minimum atomic E-state index is -0.469. The van der Waals surface area contributed by atoms with Crippen molar-refractivity contribution in [1.82, 2.24) is 20.4 Å². The lowest BCUT2D eigenvalue weighted by Crippen LogP contribution is -2.44. The number of likely N-dealkylation sites (N-methyl/N-ethyl adjacent to an activating group) is 1. The second kappa shape index (κ2) is 12.6. The summed E-state index contributed by atoms with van der Waals surface area (Å²) >= 11 is 0. The van der Waals surface area contributed by atoms with E-state index in [1.165, 1.54) is 0 Å². The van der Waals surface area contributed by atoms with Gasteiger partial charge in [0.25, 0.3) is 0 Å². The Kier molecular flexibility index (Phi) is 12.2. The van der Waals surface area contributed by atoms with E-state index in [1.54, 1.807) is 0 Å². The van der Waals surface area contributed by atoms with Gasteiger partial charge in [-0.1, -0.05) is 13.8 Å². The molecule has 8 heteroatoms. The number of guanidine groups is 1. The standard InChI is InChI=1S/C18H37N5O2.HI/c1-7-19-16(20-11-13-22(8-2)9-3)23-12-10-15(14-23)21-17(24)25-18(4,5)6;/h15H,7-14H2,1-6H3,(H,19,20)(H,21,24);1H. The van der Waals surface area contributed by atoms with Crippen molar-refractivity contribution < 1.29 is 9.53 Å². The molecule has 0 spiro atoms. The van der Waals surface area contributed by atoms with E-state index < -0.39 is 5.60 Å². The van der Waals surface area contributed by atoms with Crippen LogP contribution in [0.15, 0.2) is 4.99 Å². The Labute approximate surface area is 176 Å². The average Bonchev–Trinajstić information content (AvgIpc) is 2.96. The van der Waals surface area contributed by atoms with Gasteiger partial charge in [-0.3, -0.25) is 4.99 Å².